The molecule has 1 N–H and O–H groups in total. The van der Waals surface area contributed by atoms with Crippen molar-refractivity contribution in [3.8, 4) is 11.5 Å². The number of benzene rings is 2. The van der Waals surface area contributed by atoms with Crippen LogP contribution in [0.2, 0.25) is 0 Å². The first-order valence-corrected chi connectivity index (χ1v) is 10.6. The van der Waals surface area contributed by atoms with E-state index in [1.165, 1.54) is 37.3 Å². The first kappa shape index (κ1) is 24.1. The number of hydrogen-bond acceptors (Lipinski definition) is 5. The van der Waals surface area contributed by atoms with Crippen LogP contribution in [0.3, 0.4) is 0 Å². The first-order valence-electron chi connectivity index (χ1n) is 10.6. The number of fused-ring (bicyclic) bond motifs is 1. The van der Waals surface area contributed by atoms with Crippen LogP contribution in [-0.2, 0) is 11.0 Å². The summed E-state index contributed by atoms with van der Waals surface area (Å²) in [6.45, 7) is 0. The molecule has 182 valence electrons. The average Bonchev–Trinajstić information content (AvgIpc) is 2.85. The SMILES string of the molecule is COc1cc2c(cc1OC)[C@H](C(=O)Nc1cccc(C(F)(F)F)c1)[C@@H](c1cccnc1)N(C)C2=O. The van der Waals surface area contributed by atoms with Crippen LogP contribution in [0, 0.1) is 0 Å². The Hall–Kier alpha value is -4.08. The maximum Gasteiger partial charge on any atom is 0.416 e. The third-order valence-corrected chi connectivity index (χ3v) is 5.94. The van der Waals surface area contributed by atoms with E-state index in [-0.39, 0.29) is 17.2 Å². The van der Waals surface area contributed by atoms with E-state index in [0.717, 1.165) is 12.1 Å². The molecule has 0 unspecified atom stereocenters. The fourth-order valence-corrected chi connectivity index (χ4v) is 4.29. The van der Waals surface area contributed by atoms with Crippen LogP contribution in [0.1, 0.15) is 39.0 Å². The summed E-state index contributed by atoms with van der Waals surface area (Å²) in [5.41, 5.74) is 0.282. The van der Waals surface area contributed by atoms with Gasteiger partial charge in [0, 0.05) is 30.7 Å². The quantitative estimate of drug-likeness (QED) is 0.568. The zero-order valence-electron chi connectivity index (χ0n) is 19.1. The van der Waals surface area contributed by atoms with Gasteiger partial charge in [-0.2, -0.15) is 13.2 Å². The van der Waals surface area contributed by atoms with Gasteiger partial charge in [-0.3, -0.25) is 14.6 Å². The molecule has 2 atom stereocenters. The zero-order chi connectivity index (χ0) is 25.3. The lowest BCUT2D eigenvalue weighted by Crippen LogP contribution is -2.44. The molecule has 0 radical (unpaired) electrons. The smallest absolute Gasteiger partial charge is 0.416 e. The highest BCUT2D eigenvalue weighted by molar-refractivity contribution is 6.04. The molecule has 0 aliphatic carbocycles. The Balaban J connectivity index is 1.85. The topological polar surface area (TPSA) is 80.8 Å². The van der Waals surface area contributed by atoms with Crippen molar-refractivity contribution in [2.24, 2.45) is 0 Å². The molecule has 0 spiro atoms. The van der Waals surface area contributed by atoms with E-state index in [0.29, 0.717) is 22.6 Å². The van der Waals surface area contributed by atoms with E-state index in [1.54, 1.807) is 37.6 Å². The van der Waals surface area contributed by atoms with Crippen molar-refractivity contribution >= 4 is 17.5 Å². The van der Waals surface area contributed by atoms with Crippen molar-refractivity contribution in [3.05, 3.63) is 83.2 Å². The molecule has 2 aromatic carbocycles. The molecule has 35 heavy (non-hydrogen) atoms. The number of nitrogens with one attached hydrogen (secondary N) is 1. The fraction of sp³-hybridized carbons (Fsp3) is 0.240. The van der Waals surface area contributed by atoms with Gasteiger partial charge in [-0.15, -0.1) is 0 Å². The number of alkyl halides is 3. The van der Waals surface area contributed by atoms with Gasteiger partial charge in [-0.1, -0.05) is 12.1 Å². The van der Waals surface area contributed by atoms with Gasteiger partial charge in [0.25, 0.3) is 5.91 Å². The Morgan fingerprint density at radius 2 is 1.77 bits per heavy atom. The summed E-state index contributed by atoms with van der Waals surface area (Å²) >= 11 is 0. The molecule has 3 aromatic rings. The number of pyridine rings is 1. The van der Waals surface area contributed by atoms with Gasteiger partial charge in [0.15, 0.2) is 11.5 Å². The predicted molar refractivity (Wildman–Crippen MR) is 121 cm³/mol. The van der Waals surface area contributed by atoms with E-state index in [2.05, 4.69) is 10.3 Å². The molecular weight excluding hydrogens is 463 g/mol. The predicted octanol–water partition coefficient (Wildman–Crippen LogP) is 4.67. The van der Waals surface area contributed by atoms with Crippen molar-refractivity contribution in [1.82, 2.24) is 9.88 Å². The van der Waals surface area contributed by atoms with E-state index in [1.807, 2.05) is 0 Å². The van der Waals surface area contributed by atoms with Crippen LogP contribution in [0.15, 0.2) is 60.9 Å². The third kappa shape index (κ3) is 4.51. The number of carbonyl (C=O) groups excluding carboxylic acids is 2. The number of rotatable bonds is 5. The van der Waals surface area contributed by atoms with E-state index in [4.69, 9.17) is 9.47 Å². The van der Waals surface area contributed by atoms with Crippen molar-refractivity contribution < 1.29 is 32.2 Å². The van der Waals surface area contributed by atoms with Crippen molar-refractivity contribution in [2.45, 2.75) is 18.1 Å². The highest BCUT2D eigenvalue weighted by Crippen LogP contribution is 2.46. The molecule has 2 amide bonds. The molecular formula is C25H22F3N3O4. The van der Waals surface area contributed by atoms with Crippen LogP contribution in [0.25, 0.3) is 0 Å². The standard InChI is InChI=1S/C25H22F3N3O4/c1-31-22(14-6-5-9-29-13-14)21(17-11-19(34-2)20(35-3)12-18(17)24(31)33)23(32)30-16-8-4-7-15(10-16)25(26,27)28/h4-13,21-22H,1-3H3,(H,30,32)/t21-,22+/m0/s1. The second kappa shape index (κ2) is 9.28. The number of ether oxygens (including phenoxy) is 2. The van der Waals surface area contributed by atoms with Gasteiger partial charge in [0.1, 0.15) is 0 Å². The monoisotopic (exact) mass is 485 g/mol. The number of carbonyl (C=O) groups is 2. The Kier molecular flexibility index (Phi) is 6.38. The second-order valence-electron chi connectivity index (χ2n) is 7.99. The molecule has 1 aliphatic rings. The number of nitrogens with zero attached hydrogens (tertiary/aromatic N) is 2. The molecule has 7 nitrogen and oxygen atoms in total. The van der Waals surface area contributed by atoms with Gasteiger partial charge in [-0.05, 0) is 47.5 Å². The molecule has 4 rings (SSSR count). The van der Waals surface area contributed by atoms with Gasteiger partial charge >= 0.3 is 6.18 Å². The Morgan fingerprint density at radius 3 is 2.40 bits per heavy atom. The summed E-state index contributed by atoms with van der Waals surface area (Å²) in [6, 6.07) is 10.1. The first-order chi connectivity index (χ1) is 16.7. The minimum absolute atomic E-state index is 0.0173. The van der Waals surface area contributed by atoms with Crippen LogP contribution in [0.5, 0.6) is 11.5 Å². The minimum Gasteiger partial charge on any atom is -0.493 e. The van der Waals surface area contributed by atoms with Crippen LogP contribution in [0.4, 0.5) is 18.9 Å². The third-order valence-electron chi connectivity index (χ3n) is 5.94. The normalized spacial score (nSPS) is 17.5. The lowest BCUT2D eigenvalue weighted by Gasteiger charge is -2.39. The summed E-state index contributed by atoms with van der Waals surface area (Å²) < 4.78 is 50.3. The molecule has 0 bridgehead atoms. The Labute approximate surface area is 199 Å². The summed E-state index contributed by atoms with van der Waals surface area (Å²) in [6.07, 6.45) is -1.45. The number of amides is 2. The van der Waals surface area contributed by atoms with Crippen LogP contribution in [-0.4, -0.2) is 43.0 Å². The van der Waals surface area contributed by atoms with Gasteiger partial charge < -0.3 is 19.7 Å². The van der Waals surface area contributed by atoms with Crippen LogP contribution < -0.4 is 14.8 Å². The highest BCUT2D eigenvalue weighted by Gasteiger charge is 2.44. The van der Waals surface area contributed by atoms with E-state index in [9.17, 15) is 22.8 Å². The fourth-order valence-electron chi connectivity index (χ4n) is 4.29. The number of methoxy groups -OCH3 is 2. The number of halogens is 3. The number of likely N-dealkylation sites (N-methyl/N-ethyl adjacent to an activating group) is 1. The molecule has 0 saturated heterocycles. The van der Waals surface area contributed by atoms with Crippen molar-refractivity contribution in [3.63, 3.8) is 0 Å². The molecule has 10 heteroatoms. The summed E-state index contributed by atoms with van der Waals surface area (Å²) in [5.74, 6) is -1.30. The van der Waals surface area contributed by atoms with E-state index < -0.39 is 29.6 Å². The summed E-state index contributed by atoms with van der Waals surface area (Å²) in [5, 5.41) is 2.60. The van der Waals surface area contributed by atoms with Crippen molar-refractivity contribution in [2.75, 3.05) is 26.6 Å². The number of aromatic nitrogens is 1. The zero-order valence-corrected chi connectivity index (χ0v) is 19.1. The average molecular weight is 485 g/mol. The summed E-state index contributed by atoms with van der Waals surface area (Å²) in [7, 11) is 4.42. The van der Waals surface area contributed by atoms with Gasteiger partial charge in [0.2, 0.25) is 5.91 Å². The minimum atomic E-state index is -4.56. The Morgan fingerprint density at radius 1 is 1.06 bits per heavy atom. The molecule has 1 aromatic heterocycles. The molecule has 0 fully saturated rings. The molecule has 1 aliphatic heterocycles. The maximum absolute atomic E-state index is 13.7. The lowest BCUT2D eigenvalue weighted by molar-refractivity contribution is -0.137. The van der Waals surface area contributed by atoms with Gasteiger partial charge in [0.05, 0.1) is 31.7 Å². The van der Waals surface area contributed by atoms with E-state index >= 15 is 0 Å². The molecule has 0 saturated carbocycles. The number of hydrogen-bond donors (Lipinski definition) is 1. The Bertz CT molecular complexity index is 1260. The lowest BCUT2D eigenvalue weighted by atomic mass is 9.79. The van der Waals surface area contributed by atoms with Crippen molar-refractivity contribution in [1.29, 1.82) is 0 Å². The summed E-state index contributed by atoms with van der Waals surface area (Å²) in [4.78, 5) is 32.5. The van der Waals surface area contributed by atoms with Crippen LogP contribution >= 0.6 is 0 Å². The number of anilines is 1. The second-order valence-corrected chi connectivity index (χ2v) is 7.99. The highest BCUT2D eigenvalue weighted by atomic mass is 19.4. The largest absolute Gasteiger partial charge is 0.493 e. The van der Waals surface area contributed by atoms with Gasteiger partial charge in [-0.25, -0.2) is 0 Å². The maximum atomic E-state index is 13.7. The molecule has 2 heterocycles.